The number of hydrogen-bond donors (Lipinski definition) is 0. The summed E-state index contributed by atoms with van der Waals surface area (Å²) >= 11 is 1.28. The molecule has 0 unspecified atom stereocenters. The van der Waals surface area contributed by atoms with Crippen LogP contribution in [-0.2, 0) is 0 Å². The summed E-state index contributed by atoms with van der Waals surface area (Å²) in [5.41, 5.74) is 1.49. The van der Waals surface area contributed by atoms with Crippen LogP contribution in [0.25, 0.3) is 26.8 Å². The zero-order valence-electron chi connectivity index (χ0n) is 13.5. The van der Waals surface area contributed by atoms with Gasteiger partial charge in [-0.1, -0.05) is 59.7 Å². The van der Waals surface area contributed by atoms with Gasteiger partial charge in [0.25, 0.3) is 0 Å². The summed E-state index contributed by atoms with van der Waals surface area (Å²) < 4.78 is 6.72. The smallest absolute Gasteiger partial charge is 0.302 e. The number of aromatic nitrogens is 4. The molecule has 2 aromatic heterocycles. The van der Waals surface area contributed by atoms with E-state index < -0.39 is 0 Å². The van der Waals surface area contributed by atoms with Crippen molar-refractivity contribution in [2.75, 3.05) is 6.61 Å². The van der Waals surface area contributed by atoms with E-state index in [-0.39, 0.29) is 17.9 Å². The average Bonchev–Trinajstić information content (AvgIpc) is 3.13. The second kappa shape index (κ2) is 6.78. The van der Waals surface area contributed by atoms with Crippen molar-refractivity contribution in [3.63, 3.8) is 0 Å². The van der Waals surface area contributed by atoms with Crippen molar-refractivity contribution in [3.8, 4) is 39.9 Å². The summed E-state index contributed by atoms with van der Waals surface area (Å²) in [6, 6.07) is 16.6. The van der Waals surface area contributed by atoms with Gasteiger partial charge < -0.3 is 4.74 Å². The van der Waals surface area contributed by atoms with Gasteiger partial charge in [-0.25, -0.2) is 0 Å². The van der Waals surface area contributed by atoms with Gasteiger partial charge in [-0.15, -0.1) is 16.6 Å². The van der Waals surface area contributed by atoms with Crippen molar-refractivity contribution in [3.05, 3.63) is 65.0 Å². The van der Waals surface area contributed by atoms with Crippen molar-refractivity contribution in [2.24, 2.45) is 0 Å². The predicted octanol–water partition coefficient (Wildman–Crippen LogP) is 2.89. The molecule has 0 N–H and O–H groups in total. The van der Waals surface area contributed by atoms with Crippen LogP contribution in [0.1, 0.15) is 0 Å². The van der Waals surface area contributed by atoms with Crippen LogP contribution in [-0.4, -0.2) is 26.4 Å². The first kappa shape index (κ1) is 16.0. The molecule has 0 radical (unpaired) electrons. The highest BCUT2D eigenvalue weighted by Crippen LogP contribution is 2.27. The van der Waals surface area contributed by atoms with Crippen molar-refractivity contribution < 1.29 is 4.74 Å². The molecular formula is C19H12N4O2S. The average molecular weight is 360 g/mol. The van der Waals surface area contributed by atoms with E-state index in [0.29, 0.717) is 21.3 Å². The predicted molar refractivity (Wildman–Crippen MR) is 100 cm³/mol. The SMILES string of the molecule is C#CCOc1cccc(-c2nn3c(=O)c(-c4ccccc4)nnc3s2)c1. The highest BCUT2D eigenvalue weighted by molar-refractivity contribution is 7.19. The number of benzene rings is 2. The minimum absolute atomic E-state index is 0.189. The molecule has 4 aromatic rings. The summed E-state index contributed by atoms with van der Waals surface area (Å²) in [7, 11) is 0. The molecule has 2 aromatic carbocycles. The Hall–Kier alpha value is -3.50. The van der Waals surface area contributed by atoms with Crippen molar-refractivity contribution in [1.82, 2.24) is 19.8 Å². The molecule has 0 aliphatic carbocycles. The normalized spacial score (nSPS) is 10.6. The largest absolute Gasteiger partial charge is 0.481 e. The molecule has 0 aliphatic rings. The van der Waals surface area contributed by atoms with Gasteiger partial charge in [-0.05, 0) is 12.1 Å². The van der Waals surface area contributed by atoms with Crippen LogP contribution in [0.4, 0.5) is 0 Å². The number of ether oxygens (including phenoxy) is 1. The Morgan fingerprint density at radius 3 is 2.69 bits per heavy atom. The maximum absolute atomic E-state index is 12.7. The van der Waals surface area contributed by atoms with Gasteiger partial charge in [0.15, 0.2) is 5.69 Å². The van der Waals surface area contributed by atoms with E-state index >= 15 is 0 Å². The van der Waals surface area contributed by atoms with Gasteiger partial charge in [0.2, 0.25) is 4.96 Å². The maximum Gasteiger partial charge on any atom is 0.302 e. The van der Waals surface area contributed by atoms with Crippen LogP contribution >= 0.6 is 11.3 Å². The fourth-order valence-corrected chi connectivity index (χ4v) is 3.28. The number of nitrogens with zero attached hydrogens (tertiary/aromatic N) is 4. The van der Waals surface area contributed by atoms with E-state index in [2.05, 4.69) is 21.2 Å². The third-order valence-corrected chi connectivity index (χ3v) is 4.59. The molecule has 126 valence electrons. The van der Waals surface area contributed by atoms with Gasteiger partial charge in [-0.3, -0.25) is 4.79 Å². The molecule has 4 rings (SSSR count). The van der Waals surface area contributed by atoms with Gasteiger partial charge in [0, 0.05) is 11.1 Å². The molecule has 26 heavy (non-hydrogen) atoms. The van der Waals surface area contributed by atoms with Crippen molar-refractivity contribution in [1.29, 1.82) is 0 Å². The molecule has 7 heteroatoms. The summed E-state index contributed by atoms with van der Waals surface area (Å²) in [4.78, 5) is 13.2. The zero-order chi connectivity index (χ0) is 17.9. The second-order valence-corrected chi connectivity index (χ2v) is 6.30. The van der Waals surface area contributed by atoms with Crippen molar-refractivity contribution >= 4 is 16.3 Å². The Kier molecular flexibility index (Phi) is 4.17. The van der Waals surface area contributed by atoms with E-state index in [9.17, 15) is 4.79 Å². The van der Waals surface area contributed by atoms with Crippen LogP contribution in [0.5, 0.6) is 5.75 Å². The maximum atomic E-state index is 12.7. The Morgan fingerprint density at radius 2 is 1.88 bits per heavy atom. The summed E-state index contributed by atoms with van der Waals surface area (Å²) in [5, 5.41) is 13.3. The van der Waals surface area contributed by atoms with E-state index in [4.69, 9.17) is 11.2 Å². The lowest BCUT2D eigenvalue weighted by Gasteiger charge is -2.02. The molecule has 0 amide bonds. The zero-order valence-corrected chi connectivity index (χ0v) is 14.3. The van der Waals surface area contributed by atoms with E-state index in [1.807, 2.05) is 54.6 Å². The van der Waals surface area contributed by atoms with Gasteiger partial charge in [0.1, 0.15) is 17.4 Å². The third-order valence-electron chi connectivity index (χ3n) is 3.64. The molecule has 0 saturated heterocycles. The highest BCUT2D eigenvalue weighted by Gasteiger charge is 2.14. The first-order valence-corrected chi connectivity index (χ1v) is 8.56. The fraction of sp³-hybridized carbons (Fsp3) is 0.0526. The lowest BCUT2D eigenvalue weighted by Crippen LogP contribution is -2.19. The Balaban J connectivity index is 1.78. The number of hydrogen-bond acceptors (Lipinski definition) is 6. The minimum atomic E-state index is -0.302. The van der Waals surface area contributed by atoms with E-state index in [1.54, 1.807) is 0 Å². The van der Waals surface area contributed by atoms with Gasteiger partial charge in [-0.2, -0.15) is 9.61 Å². The quantitative estimate of drug-likeness (QED) is 0.524. The molecule has 0 saturated carbocycles. The van der Waals surface area contributed by atoms with Gasteiger partial charge >= 0.3 is 5.56 Å². The Morgan fingerprint density at radius 1 is 1.08 bits per heavy atom. The third kappa shape index (κ3) is 2.94. The van der Waals surface area contributed by atoms with Gasteiger partial charge in [0.05, 0.1) is 0 Å². The second-order valence-electron chi connectivity index (χ2n) is 5.34. The molecule has 0 fully saturated rings. The van der Waals surface area contributed by atoms with Crippen LogP contribution in [0.15, 0.2) is 59.4 Å². The fourth-order valence-electron chi connectivity index (χ4n) is 2.45. The summed E-state index contributed by atoms with van der Waals surface area (Å²) in [5.74, 6) is 3.07. The number of terminal acetylenes is 1. The molecule has 0 bridgehead atoms. The highest BCUT2D eigenvalue weighted by atomic mass is 32.1. The Bertz CT molecular complexity index is 1180. The van der Waals surface area contributed by atoms with Crippen LogP contribution in [0.2, 0.25) is 0 Å². The van der Waals surface area contributed by atoms with Crippen LogP contribution in [0.3, 0.4) is 0 Å². The molecule has 6 nitrogen and oxygen atoms in total. The minimum Gasteiger partial charge on any atom is -0.481 e. The topological polar surface area (TPSA) is 69.4 Å². The van der Waals surface area contributed by atoms with E-state index in [0.717, 1.165) is 5.56 Å². The molecule has 0 aliphatic heterocycles. The monoisotopic (exact) mass is 360 g/mol. The summed E-state index contributed by atoms with van der Waals surface area (Å²) in [6.45, 7) is 0.189. The standard InChI is InChI=1S/C19H12N4O2S/c1-2-11-25-15-10-6-9-14(12-15)17-22-23-18(24)16(20-21-19(23)26-17)13-7-4-3-5-8-13/h1,3-10,12H,11H2. The number of fused-ring (bicyclic) bond motifs is 1. The molecule has 2 heterocycles. The van der Waals surface area contributed by atoms with Crippen LogP contribution < -0.4 is 10.3 Å². The van der Waals surface area contributed by atoms with Crippen molar-refractivity contribution in [2.45, 2.75) is 0 Å². The Labute approximate surface area is 152 Å². The molecule has 0 spiro atoms. The lowest BCUT2D eigenvalue weighted by atomic mass is 10.2. The lowest BCUT2D eigenvalue weighted by molar-refractivity contribution is 0.370. The molecule has 0 atom stereocenters. The summed E-state index contributed by atoms with van der Waals surface area (Å²) in [6.07, 6.45) is 5.22. The van der Waals surface area contributed by atoms with E-state index in [1.165, 1.54) is 15.9 Å². The first-order chi connectivity index (χ1) is 12.8. The first-order valence-electron chi connectivity index (χ1n) is 7.75. The molecular weight excluding hydrogens is 348 g/mol. The number of rotatable bonds is 4. The van der Waals surface area contributed by atoms with Crippen LogP contribution in [0, 0.1) is 12.3 Å².